The molecule has 1 aliphatic heterocycles. The summed E-state index contributed by atoms with van der Waals surface area (Å²) in [5.41, 5.74) is 4.84. The second kappa shape index (κ2) is 6.92. The van der Waals surface area contributed by atoms with Crippen molar-refractivity contribution < 1.29 is 24.1 Å². The van der Waals surface area contributed by atoms with Gasteiger partial charge in [-0.2, -0.15) is 0 Å². The number of carbonyl (C=O) groups is 1. The van der Waals surface area contributed by atoms with Gasteiger partial charge < -0.3 is 20.5 Å². The SMILES string of the molecule is C[C@H](N)C(=O)O.O=[PH](O)NCC1CO1. The number of carboxylic acid groups (broad SMARTS) is 1. The molecule has 0 aromatic carbocycles. The van der Waals surface area contributed by atoms with Gasteiger partial charge >= 0.3 is 5.97 Å². The van der Waals surface area contributed by atoms with Gasteiger partial charge in [0.15, 0.2) is 0 Å². The molecule has 3 atom stereocenters. The number of hydrogen-bond donors (Lipinski definition) is 4. The minimum Gasteiger partial charge on any atom is -0.480 e. The Hall–Kier alpha value is -0.460. The molecule has 0 aromatic rings. The van der Waals surface area contributed by atoms with Crippen molar-refractivity contribution in [3.63, 3.8) is 0 Å². The van der Waals surface area contributed by atoms with Gasteiger partial charge in [-0.1, -0.05) is 0 Å². The van der Waals surface area contributed by atoms with E-state index in [2.05, 4.69) is 5.09 Å². The minimum atomic E-state index is -2.47. The van der Waals surface area contributed by atoms with Crippen molar-refractivity contribution in [1.82, 2.24) is 5.09 Å². The summed E-state index contributed by atoms with van der Waals surface area (Å²) in [4.78, 5) is 17.8. The zero-order valence-electron chi connectivity index (χ0n) is 7.77. The van der Waals surface area contributed by atoms with Crippen molar-refractivity contribution in [3.05, 3.63) is 0 Å². The molecule has 84 valence electrons. The van der Waals surface area contributed by atoms with Gasteiger partial charge in [0.2, 0.25) is 0 Å². The highest BCUT2D eigenvalue weighted by atomic mass is 31.1. The molecule has 1 heterocycles. The van der Waals surface area contributed by atoms with Crippen molar-refractivity contribution in [2.24, 2.45) is 5.73 Å². The van der Waals surface area contributed by atoms with E-state index in [9.17, 15) is 9.36 Å². The number of aliphatic carboxylic acids is 1. The van der Waals surface area contributed by atoms with E-state index in [-0.39, 0.29) is 6.10 Å². The predicted molar refractivity (Wildman–Crippen MR) is 50.2 cm³/mol. The van der Waals surface area contributed by atoms with E-state index < -0.39 is 20.2 Å². The monoisotopic (exact) mass is 226 g/mol. The van der Waals surface area contributed by atoms with Crippen molar-refractivity contribution in [2.45, 2.75) is 19.1 Å². The first kappa shape index (κ1) is 13.5. The van der Waals surface area contributed by atoms with Gasteiger partial charge in [0.1, 0.15) is 6.04 Å². The average Bonchev–Trinajstić information content (AvgIpc) is 2.84. The molecule has 7 nitrogen and oxygen atoms in total. The molecule has 0 aromatic heterocycles. The largest absolute Gasteiger partial charge is 0.480 e. The Kier molecular flexibility index (Phi) is 6.69. The summed E-state index contributed by atoms with van der Waals surface area (Å²) in [5, 5.41) is 10.2. The van der Waals surface area contributed by atoms with Gasteiger partial charge in [0, 0.05) is 6.54 Å². The maximum atomic E-state index is 9.95. The first-order valence-corrected chi connectivity index (χ1v) is 5.35. The molecule has 0 amide bonds. The first-order valence-electron chi connectivity index (χ1n) is 4.00. The number of hydrogen-bond acceptors (Lipinski definition) is 4. The summed E-state index contributed by atoms with van der Waals surface area (Å²) in [5.74, 6) is -0.963. The number of epoxide rings is 1. The Bertz CT molecular complexity index is 206. The predicted octanol–water partition coefficient (Wildman–Crippen LogP) is -1.22. The third kappa shape index (κ3) is 9.63. The Morgan fingerprint density at radius 2 is 2.29 bits per heavy atom. The summed E-state index contributed by atoms with van der Waals surface area (Å²) in [7, 11) is -2.47. The van der Waals surface area contributed by atoms with Gasteiger partial charge in [-0.3, -0.25) is 9.36 Å². The molecular weight excluding hydrogens is 211 g/mol. The normalized spacial score (nSPS) is 22.9. The van der Waals surface area contributed by atoms with E-state index in [1.54, 1.807) is 0 Å². The standard InChI is InChI=1S/C3H8NO3P.C3H7NO2/c5-8(6)4-1-3-2-7-3;1-2(4)3(5)6/h3,8H,1-2H2,(H2,4,5,6);2H,4H2,1H3,(H,5,6)/t;2-/m.0/s1. The van der Waals surface area contributed by atoms with Crippen LogP contribution in [-0.4, -0.2) is 41.3 Å². The van der Waals surface area contributed by atoms with Crippen LogP contribution in [0.2, 0.25) is 0 Å². The lowest BCUT2D eigenvalue weighted by Crippen LogP contribution is -2.25. The number of nitrogens with two attached hydrogens (primary N) is 1. The Morgan fingerprint density at radius 1 is 1.86 bits per heavy atom. The number of rotatable bonds is 4. The maximum Gasteiger partial charge on any atom is 0.320 e. The van der Waals surface area contributed by atoms with Crippen LogP contribution in [0.3, 0.4) is 0 Å². The van der Waals surface area contributed by atoms with Gasteiger partial charge in [0.25, 0.3) is 8.18 Å². The fourth-order valence-electron chi connectivity index (χ4n) is 0.387. The highest BCUT2D eigenvalue weighted by Crippen LogP contribution is 2.11. The Balaban J connectivity index is 0.000000255. The van der Waals surface area contributed by atoms with E-state index >= 15 is 0 Å². The lowest BCUT2D eigenvalue weighted by molar-refractivity contribution is -0.138. The zero-order valence-corrected chi connectivity index (χ0v) is 8.77. The second-order valence-corrected chi connectivity index (χ2v) is 3.73. The fraction of sp³-hybridized carbons (Fsp3) is 0.833. The summed E-state index contributed by atoms with van der Waals surface area (Å²) in [6, 6.07) is -0.731. The topological polar surface area (TPSA) is 125 Å². The summed E-state index contributed by atoms with van der Waals surface area (Å²) in [6.07, 6.45) is 0.191. The molecule has 14 heavy (non-hydrogen) atoms. The second-order valence-electron chi connectivity index (χ2n) is 2.77. The van der Waals surface area contributed by atoms with E-state index in [4.69, 9.17) is 20.5 Å². The first-order chi connectivity index (χ1) is 6.43. The third-order valence-corrected chi connectivity index (χ3v) is 1.78. The molecule has 0 bridgehead atoms. The van der Waals surface area contributed by atoms with Crippen molar-refractivity contribution in [3.8, 4) is 0 Å². The minimum absolute atomic E-state index is 0.191. The molecule has 8 heteroatoms. The summed E-state index contributed by atoms with van der Waals surface area (Å²) < 4.78 is 14.7. The van der Waals surface area contributed by atoms with Crippen LogP contribution >= 0.6 is 8.18 Å². The fourth-order valence-corrected chi connectivity index (χ4v) is 0.789. The van der Waals surface area contributed by atoms with Crippen LogP contribution in [0.25, 0.3) is 0 Å². The molecule has 0 radical (unpaired) electrons. The van der Waals surface area contributed by atoms with Crippen molar-refractivity contribution in [2.75, 3.05) is 13.2 Å². The van der Waals surface area contributed by atoms with Crippen LogP contribution in [0.5, 0.6) is 0 Å². The van der Waals surface area contributed by atoms with E-state index in [0.717, 1.165) is 6.61 Å². The molecule has 5 N–H and O–H groups in total. The highest BCUT2D eigenvalue weighted by molar-refractivity contribution is 7.35. The summed E-state index contributed by atoms with van der Waals surface area (Å²) in [6.45, 7) is 2.65. The lowest BCUT2D eigenvalue weighted by Gasteiger charge is -1.92. The van der Waals surface area contributed by atoms with Crippen LogP contribution in [0.1, 0.15) is 6.92 Å². The third-order valence-electron chi connectivity index (χ3n) is 1.27. The molecule has 1 saturated heterocycles. The van der Waals surface area contributed by atoms with Crippen LogP contribution in [-0.2, 0) is 14.1 Å². The van der Waals surface area contributed by atoms with Crippen LogP contribution in [0.4, 0.5) is 0 Å². The maximum absolute atomic E-state index is 9.95. The zero-order chi connectivity index (χ0) is 11.1. The highest BCUT2D eigenvalue weighted by Gasteiger charge is 2.21. The summed E-state index contributed by atoms with van der Waals surface area (Å²) >= 11 is 0. The van der Waals surface area contributed by atoms with Gasteiger partial charge in [-0.15, -0.1) is 0 Å². The molecule has 1 aliphatic rings. The molecule has 2 unspecified atom stereocenters. The van der Waals surface area contributed by atoms with Gasteiger partial charge in [-0.05, 0) is 6.92 Å². The van der Waals surface area contributed by atoms with Gasteiger partial charge in [-0.25, -0.2) is 5.09 Å². The van der Waals surface area contributed by atoms with Crippen LogP contribution in [0, 0.1) is 0 Å². The van der Waals surface area contributed by atoms with Crippen molar-refractivity contribution >= 4 is 14.1 Å². The van der Waals surface area contributed by atoms with Crippen molar-refractivity contribution in [1.29, 1.82) is 0 Å². The quantitative estimate of drug-likeness (QED) is 0.349. The van der Waals surface area contributed by atoms with E-state index in [1.807, 2.05) is 0 Å². The number of nitrogens with one attached hydrogen (secondary N) is 1. The molecule has 0 aliphatic carbocycles. The lowest BCUT2D eigenvalue weighted by atomic mass is 10.4. The van der Waals surface area contributed by atoms with E-state index in [1.165, 1.54) is 6.92 Å². The Morgan fingerprint density at radius 3 is 2.50 bits per heavy atom. The van der Waals surface area contributed by atoms with Crippen LogP contribution in [0.15, 0.2) is 0 Å². The van der Waals surface area contributed by atoms with Crippen LogP contribution < -0.4 is 10.8 Å². The van der Waals surface area contributed by atoms with Gasteiger partial charge in [0.05, 0.1) is 12.7 Å². The molecular formula is C6H15N2O5P. The molecule has 1 rings (SSSR count). The molecule has 0 spiro atoms. The Labute approximate surface area is 82.2 Å². The molecule has 0 saturated carbocycles. The average molecular weight is 226 g/mol. The smallest absolute Gasteiger partial charge is 0.320 e. The van der Waals surface area contributed by atoms with E-state index in [0.29, 0.717) is 6.54 Å². The molecule has 1 fully saturated rings. The number of ether oxygens (including phenoxy) is 1. The number of carboxylic acids is 1.